The third kappa shape index (κ3) is 4.43. The minimum atomic E-state index is -0.182. The van der Waals surface area contributed by atoms with Crippen LogP contribution >= 0.6 is 0 Å². The molecule has 1 saturated carbocycles. The molecule has 0 aliphatic heterocycles. The first kappa shape index (κ1) is 22.2. The van der Waals surface area contributed by atoms with Gasteiger partial charge in [0, 0.05) is 12.2 Å². The molecule has 5 nitrogen and oxygen atoms in total. The van der Waals surface area contributed by atoms with Gasteiger partial charge in [0.05, 0.1) is 12.2 Å². The van der Waals surface area contributed by atoms with Crippen molar-refractivity contribution < 1.29 is 4.79 Å². The quantitative estimate of drug-likeness (QED) is 0.438. The Morgan fingerprint density at radius 1 is 0.941 bits per heavy atom. The Morgan fingerprint density at radius 3 is 2.35 bits per heavy atom. The predicted octanol–water partition coefficient (Wildman–Crippen LogP) is 5.43. The SMILES string of the molecule is Cc1ccc(Cn2c(C(=O)NC3CCC(C)CC3)cn3c(-c4ccccc4)ccc3c2=O)cc1. The van der Waals surface area contributed by atoms with Crippen LogP contribution in [0.25, 0.3) is 16.8 Å². The Kier molecular flexibility index (Phi) is 6.10. The summed E-state index contributed by atoms with van der Waals surface area (Å²) in [6, 6.07) is 22.0. The second-order valence-electron chi connectivity index (χ2n) is 9.66. The molecule has 0 atom stereocenters. The van der Waals surface area contributed by atoms with Gasteiger partial charge in [0.25, 0.3) is 11.5 Å². The zero-order valence-corrected chi connectivity index (χ0v) is 19.8. The number of nitrogens with zero attached hydrogens (tertiary/aromatic N) is 2. The number of carbonyl (C=O) groups is 1. The lowest BCUT2D eigenvalue weighted by atomic mass is 9.87. The van der Waals surface area contributed by atoms with Gasteiger partial charge in [0.1, 0.15) is 11.2 Å². The van der Waals surface area contributed by atoms with E-state index in [1.165, 1.54) is 0 Å². The van der Waals surface area contributed by atoms with E-state index in [1.807, 2.05) is 84.3 Å². The molecule has 1 fully saturated rings. The van der Waals surface area contributed by atoms with Crippen LogP contribution in [0, 0.1) is 12.8 Å². The Morgan fingerprint density at radius 2 is 1.65 bits per heavy atom. The lowest BCUT2D eigenvalue weighted by molar-refractivity contribution is 0.0912. The van der Waals surface area contributed by atoms with Crippen LogP contribution in [-0.4, -0.2) is 20.9 Å². The summed E-state index contributed by atoms with van der Waals surface area (Å²) in [4.78, 5) is 27.2. The van der Waals surface area contributed by atoms with Gasteiger partial charge in [-0.25, -0.2) is 0 Å². The van der Waals surface area contributed by atoms with Gasteiger partial charge in [-0.15, -0.1) is 0 Å². The first-order valence-electron chi connectivity index (χ1n) is 12.2. The molecule has 2 aromatic heterocycles. The molecule has 174 valence electrons. The number of hydrogen-bond donors (Lipinski definition) is 1. The van der Waals surface area contributed by atoms with Crippen LogP contribution in [0.5, 0.6) is 0 Å². The molecule has 34 heavy (non-hydrogen) atoms. The lowest BCUT2D eigenvalue weighted by Gasteiger charge is -2.27. The van der Waals surface area contributed by atoms with E-state index in [0.29, 0.717) is 23.7 Å². The van der Waals surface area contributed by atoms with Gasteiger partial charge in [-0.2, -0.15) is 0 Å². The monoisotopic (exact) mass is 453 g/mol. The molecule has 2 heterocycles. The Balaban J connectivity index is 1.59. The van der Waals surface area contributed by atoms with Crippen LogP contribution in [-0.2, 0) is 6.54 Å². The van der Waals surface area contributed by atoms with Gasteiger partial charge in [0.15, 0.2) is 0 Å². The van der Waals surface area contributed by atoms with Crippen LogP contribution in [0.3, 0.4) is 0 Å². The van der Waals surface area contributed by atoms with Crippen molar-refractivity contribution in [3.8, 4) is 11.3 Å². The highest BCUT2D eigenvalue weighted by Crippen LogP contribution is 2.25. The lowest BCUT2D eigenvalue weighted by Crippen LogP contribution is -2.40. The van der Waals surface area contributed by atoms with Crippen molar-refractivity contribution >= 4 is 11.4 Å². The van der Waals surface area contributed by atoms with Gasteiger partial charge in [0.2, 0.25) is 0 Å². The van der Waals surface area contributed by atoms with Crippen LogP contribution in [0.2, 0.25) is 0 Å². The second kappa shape index (κ2) is 9.34. The third-order valence-corrected chi connectivity index (χ3v) is 7.04. The summed E-state index contributed by atoms with van der Waals surface area (Å²) in [5, 5.41) is 3.22. The van der Waals surface area contributed by atoms with Crippen molar-refractivity contribution in [1.82, 2.24) is 14.3 Å². The molecule has 1 aliphatic carbocycles. The molecule has 2 aromatic carbocycles. The molecule has 1 N–H and O–H groups in total. The Bertz CT molecular complexity index is 1360. The van der Waals surface area contributed by atoms with E-state index in [4.69, 9.17) is 0 Å². The van der Waals surface area contributed by atoms with Crippen molar-refractivity contribution in [3.63, 3.8) is 0 Å². The minimum Gasteiger partial charge on any atom is -0.348 e. The molecular weight excluding hydrogens is 422 g/mol. The van der Waals surface area contributed by atoms with Gasteiger partial charge < -0.3 is 9.72 Å². The smallest absolute Gasteiger partial charge is 0.275 e. The maximum atomic E-state index is 13.7. The fraction of sp³-hybridized carbons (Fsp3) is 0.310. The van der Waals surface area contributed by atoms with Crippen LogP contribution in [0.1, 0.15) is 54.2 Å². The van der Waals surface area contributed by atoms with Crippen molar-refractivity contribution in [2.75, 3.05) is 0 Å². The molecule has 1 aliphatic rings. The molecule has 1 amide bonds. The number of carbonyl (C=O) groups excluding carboxylic acids is 1. The maximum Gasteiger partial charge on any atom is 0.275 e. The predicted molar refractivity (Wildman–Crippen MR) is 136 cm³/mol. The van der Waals surface area contributed by atoms with Crippen molar-refractivity contribution in [2.24, 2.45) is 5.92 Å². The van der Waals surface area contributed by atoms with Gasteiger partial charge >= 0.3 is 0 Å². The molecule has 0 radical (unpaired) electrons. The average Bonchev–Trinajstić information content (AvgIpc) is 3.28. The molecule has 0 spiro atoms. The average molecular weight is 454 g/mol. The number of fused-ring (bicyclic) bond motifs is 1. The minimum absolute atomic E-state index is 0.153. The van der Waals surface area contributed by atoms with Crippen LogP contribution in [0.4, 0.5) is 0 Å². The van der Waals surface area contributed by atoms with E-state index >= 15 is 0 Å². The van der Waals surface area contributed by atoms with Crippen LogP contribution in [0.15, 0.2) is 77.7 Å². The number of aromatic nitrogens is 2. The van der Waals surface area contributed by atoms with Crippen molar-refractivity contribution in [2.45, 2.75) is 52.1 Å². The summed E-state index contributed by atoms with van der Waals surface area (Å²) in [7, 11) is 0. The van der Waals surface area contributed by atoms with Crippen molar-refractivity contribution in [1.29, 1.82) is 0 Å². The number of aryl methyl sites for hydroxylation is 1. The fourth-order valence-electron chi connectivity index (χ4n) is 4.92. The number of rotatable bonds is 5. The molecule has 0 bridgehead atoms. The van der Waals surface area contributed by atoms with E-state index in [2.05, 4.69) is 12.2 Å². The Hall–Kier alpha value is -3.60. The zero-order valence-electron chi connectivity index (χ0n) is 19.8. The first-order valence-corrected chi connectivity index (χ1v) is 12.2. The second-order valence-corrected chi connectivity index (χ2v) is 9.66. The highest BCUT2D eigenvalue weighted by Gasteiger charge is 2.23. The van der Waals surface area contributed by atoms with Gasteiger partial charge in [-0.1, -0.05) is 67.1 Å². The first-order chi connectivity index (χ1) is 16.5. The van der Waals surface area contributed by atoms with E-state index < -0.39 is 0 Å². The molecule has 5 heteroatoms. The van der Waals surface area contributed by atoms with Crippen LogP contribution < -0.4 is 10.9 Å². The maximum absolute atomic E-state index is 13.7. The zero-order chi connectivity index (χ0) is 23.7. The summed E-state index contributed by atoms with van der Waals surface area (Å²) in [5.41, 5.74) is 4.86. The molecule has 0 saturated heterocycles. The molecule has 0 unspecified atom stereocenters. The van der Waals surface area contributed by atoms with Gasteiger partial charge in [-0.05, 0) is 61.8 Å². The van der Waals surface area contributed by atoms with E-state index in [-0.39, 0.29) is 17.5 Å². The van der Waals surface area contributed by atoms with E-state index in [9.17, 15) is 9.59 Å². The molecule has 4 aromatic rings. The number of amides is 1. The normalized spacial score (nSPS) is 18.2. The highest BCUT2D eigenvalue weighted by molar-refractivity contribution is 5.93. The molecular formula is C29H31N3O2. The topological polar surface area (TPSA) is 55.5 Å². The summed E-state index contributed by atoms with van der Waals surface area (Å²) in [5.74, 6) is 0.524. The van der Waals surface area contributed by atoms with Crippen molar-refractivity contribution in [3.05, 3.63) is 100 Å². The Labute approximate surface area is 200 Å². The van der Waals surface area contributed by atoms with E-state index in [0.717, 1.165) is 48.1 Å². The number of benzene rings is 2. The van der Waals surface area contributed by atoms with E-state index in [1.54, 1.807) is 4.57 Å². The summed E-state index contributed by atoms with van der Waals surface area (Å²) >= 11 is 0. The number of hydrogen-bond acceptors (Lipinski definition) is 2. The molecule has 5 rings (SSSR count). The fourth-order valence-corrected chi connectivity index (χ4v) is 4.92. The highest BCUT2D eigenvalue weighted by atomic mass is 16.2. The largest absolute Gasteiger partial charge is 0.348 e. The third-order valence-electron chi connectivity index (χ3n) is 7.04. The summed E-state index contributed by atoms with van der Waals surface area (Å²) in [6.45, 7) is 4.66. The standard InChI is InChI=1S/C29H31N3O2/c1-20-8-12-22(13-9-20)18-32-27(28(33)30-24-14-10-21(2)11-15-24)19-31-25(16-17-26(31)29(32)34)23-6-4-3-5-7-23/h3-9,12-13,16-17,19,21,24H,10-11,14-15,18H2,1-2H3,(H,30,33). The number of nitrogens with one attached hydrogen (secondary N) is 1. The summed E-state index contributed by atoms with van der Waals surface area (Å²) < 4.78 is 3.48. The summed E-state index contributed by atoms with van der Waals surface area (Å²) in [6.07, 6.45) is 6.03. The van der Waals surface area contributed by atoms with Gasteiger partial charge in [-0.3, -0.25) is 14.2 Å².